The number of aromatic nitrogens is 1. The van der Waals surface area contributed by atoms with Crippen LogP contribution in [0.15, 0.2) is 51.8 Å². The molecule has 140 valence electrons. The number of fused-ring (bicyclic) bond motifs is 2. The van der Waals surface area contributed by atoms with Crippen molar-refractivity contribution >= 4 is 21.1 Å². The molecule has 0 amide bonds. The molecular weight excluding hydrogens is 368 g/mol. The van der Waals surface area contributed by atoms with Crippen LogP contribution in [0.3, 0.4) is 0 Å². The van der Waals surface area contributed by atoms with E-state index in [1.165, 1.54) is 10.4 Å². The number of rotatable bonds is 3. The first-order chi connectivity index (χ1) is 13.1. The second-order valence-electron chi connectivity index (χ2n) is 6.71. The third kappa shape index (κ3) is 2.85. The van der Waals surface area contributed by atoms with Gasteiger partial charge in [-0.15, -0.1) is 0 Å². The van der Waals surface area contributed by atoms with E-state index >= 15 is 0 Å². The van der Waals surface area contributed by atoms with Gasteiger partial charge in [0.1, 0.15) is 5.52 Å². The van der Waals surface area contributed by atoms with Crippen LogP contribution in [0.1, 0.15) is 24.7 Å². The van der Waals surface area contributed by atoms with Gasteiger partial charge in [0.05, 0.1) is 4.90 Å². The van der Waals surface area contributed by atoms with Crippen molar-refractivity contribution in [2.24, 2.45) is 0 Å². The highest BCUT2D eigenvalue weighted by Crippen LogP contribution is 2.36. The summed E-state index contributed by atoms with van der Waals surface area (Å²) < 4.78 is 43.8. The van der Waals surface area contributed by atoms with Gasteiger partial charge < -0.3 is 13.9 Å². The number of oxazole rings is 1. The summed E-state index contributed by atoms with van der Waals surface area (Å²) in [4.78, 5) is 4.78. The van der Waals surface area contributed by atoms with Gasteiger partial charge in [-0.1, -0.05) is 12.1 Å². The molecule has 1 fully saturated rings. The summed E-state index contributed by atoms with van der Waals surface area (Å²) in [6, 6.07) is 12.4. The van der Waals surface area contributed by atoms with E-state index in [2.05, 4.69) is 4.98 Å². The number of para-hydroxylation sites is 2. The second kappa shape index (κ2) is 6.24. The predicted octanol–water partition coefficient (Wildman–Crippen LogP) is 3.12. The summed E-state index contributed by atoms with van der Waals surface area (Å²) in [5.41, 5.74) is 1.60. The van der Waals surface area contributed by atoms with Crippen molar-refractivity contribution < 1.29 is 22.3 Å². The molecule has 0 unspecified atom stereocenters. The molecular formula is C19H18N2O5S. The zero-order chi connectivity index (χ0) is 18.4. The Hall–Kier alpha value is -2.58. The van der Waals surface area contributed by atoms with Gasteiger partial charge in [-0.25, -0.2) is 13.4 Å². The van der Waals surface area contributed by atoms with Crippen LogP contribution in [0.2, 0.25) is 0 Å². The Morgan fingerprint density at radius 3 is 2.59 bits per heavy atom. The Bertz CT molecular complexity index is 1070. The maximum absolute atomic E-state index is 13.0. The summed E-state index contributed by atoms with van der Waals surface area (Å²) in [6.07, 6.45) is 1.35. The van der Waals surface area contributed by atoms with Crippen molar-refractivity contribution in [3.05, 3.63) is 48.4 Å². The average Bonchev–Trinajstić information content (AvgIpc) is 3.34. The van der Waals surface area contributed by atoms with Gasteiger partial charge in [0, 0.05) is 25.1 Å². The minimum Gasteiger partial charge on any atom is -0.454 e. The average molecular weight is 386 g/mol. The Morgan fingerprint density at radius 2 is 1.78 bits per heavy atom. The van der Waals surface area contributed by atoms with Gasteiger partial charge in [0.25, 0.3) is 0 Å². The third-order valence-electron chi connectivity index (χ3n) is 5.10. The number of hydrogen-bond acceptors (Lipinski definition) is 6. The lowest BCUT2D eigenvalue weighted by Crippen LogP contribution is -2.37. The molecule has 2 aliphatic heterocycles. The highest BCUT2D eigenvalue weighted by molar-refractivity contribution is 7.89. The van der Waals surface area contributed by atoms with Gasteiger partial charge >= 0.3 is 0 Å². The SMILES string of the molecule is O=S(=O)(c1ccc2c(c1)OCO2)N1CCC(c2nc3ccccc3o2)CC1. The van der Waals surface area contributed by atoms with Crippen LogP contribution in [-0.2, 0) is 10.0 Å². The first-order valence-corrected chi connectivity index (χ1v) is 10.3. The largest absolute Gasteiger partial charge is 0.454 e. The molecule has 0 radical (unpaired) electrons. The van der Waals surface area contributed by atoms with E-state index in [-0.39, 0.29) is 17.6 Å². The fraction of sp³-hybridized carbons (Fsp3) is 0.316. The minimum absolute atomic E-state index is 0.120. The van der Waals surface area contributed by atoms with E-state index < -0.39 is 10.0 Å². The molecule has 0 N–H and O–H groups in total. The molecule has 1 saturated heterocycles. The number of nitrogens with zero attached hydrogens (tertiary/aromatic N) is 2. The van der Waals surface area contributed by atoms with Gasteiger partial charge in [-0.05, 0) is 37.1 Å². The lowest BCUT2D eigenvalue weighted by Gasteiger charge is -2.29. The van der Waals surface area contributed by atoms with Gasteiger partial charge in [0.15, 0.2) is 23.0 Å². The minimum atomic E-state index is -3.57. The van der Waals surface area contributed by atoms with Crippen molar-refractivity contribution in [1.29, 1.82) is 0 Å². The Labute approximate surface area is 156 Å². The number of ether oxygens (including phenoxy) is 2. The summed E-state index contributed by atoms with van der Waals surface area (Å²) in [5, 5.41) is 0. The Kier molecular flexibility index (Phi) is 3.84. The van der Waals surface area contributed by atoms with Crippen molar-refractivity contribution in [3.8, 4) is 11.5 Å². The van der Waals surface area contributed by atoms with E-state index in [1.54, 1.807) is 12.1 Å². The first-order valence-electron chi connectivity index (χ1n) is 8.86. The van der Waals surface area contributed by atoms with Crippen LogP contribution in [0.25, 0.3) is 11.1 Å². The van der Waals surface area contributed by atoms with Crippen LogP contribution in [0, 0.1) is 0 Å². The maximum Gasteiger partial charge on any atom is 0.243 e. The molecule has 2 aliphatic rings. The van der Waals surface area contributed by atoms with Crippen LogP contribution in [0.5, 0.6) is 11.5 Å². The number of hydrogen-bond donors (Lipinski definition) is 0. The molecule has 0 atom stereocenters. The first kappa shape index (κ1) is 16.6. The van der Waals surface area contributed by atoms with Crippen molar-refractivity contribution in [2.45, 2.75) is 23.7 Å². The molecule has 2 aromatic carbocycles. The molecule has 0 bridgehead atoms. The van der Waals surface area contributed by atoms with E-state index in [0.29, 0.717) is 43.3 Å². The maximum atomic E-state index is 13.0. The summed E-state index contributed by atoms with van der Waals surface area (Å²) in [6.45, 7) is 0.981. The molecule has 0 saturated carbocycles. The van der Waals surface area contributed by atoms with E-state index in [1.807, 2.05) is 24.3 Å². The molecule has 27 heavy (non-hydrogen) atoms. The highest BCUT2D eigenvalue weighted by atomic mass is 32.2. The third-order valence-corrected chi connectivity index (χ3v) is 6.99. The molecule has 8 heteroatoms. The topological polar surface area (TPSA) is 81.9 Å². The van der Waals surface area contributed by atoms with E-state index in [4.69, 9.17) is 13.9 Å². The van der Waals surface area contributed by atoms with Crippen LogP contribution in [0.4, 0.5) is 0 Å². The predicted molar refractivity (Wildman–Crippen MR) is 97.3 cm³/mol. The number of benzene rings is 2. The smallest absolute Gasteiger partial charge is 0.243 e. The van der Waals surface area contributed by atoms with Gasteiger partial charge in [-0.3, -0.25) is 0 Å². The molecule has 1 aromatic heterocycles. The Balaban J connectivity index is 1.33. The van der Waals surface area contributed by atoms with E-state index in [9.17, 15) is 8.42 Å². The Morgan fingerprint density at radius 1 is 1.00 bits per heavy atom. The fourth-order valence-electron chi connectivity index (χ4n) is 3.59. The van der Waals surface area contributed by atoms with Gasteiger partial charge in [-0.2, -0.15) is 4.31 Å². The van der Waals surface area contributed by atoms with Crippen molar-refractivity contribution in [2.75, 3.05) is 19.9 Å². The van der Waals surface area contributed by atoms with Gasteiger partial charge in [0.2, 0.25) is 16.8 Å². The molecule has 7 nitrogen and oxygen atoms in total. The summed E-state index contributed by atoms with van der Waals surface area (Å²) in [7, 11) is -3.57. The summed E-state index contributed by atoms with van der Waals surface area (Å²) in [5.74, 6) is 1.86. The van der Waals surface area contributed by atoms with Crippen LogP contribution >= 0.6 is 0 Å². The zero-order valence-electron chi connectivity index (χ0n) is 14.5. The molecule has 5 rings (SSSR count). The monoisotopic (exact) mass is 386 g/mol. The lowest BCUT2D eigenvalue weighted by molar-refractivity contribution is 0.174. The number of piperidine rings is 1. The lowest BCUT2D eigenvalue weighted by atomic mass is 9.98. The zero-order valence-corrected chi connectivity index (χ0v) is 15.3. The fourth-order valence-corrected chi connectivity index (χ4v) is 5.08. The van der Waals surface area contributed by atoms with Crippen molar-refractivity contribution in [1.82, 2.24) is 9.29 Å². The molecule has 0 aliphatic carbocycles. The highest BCUT2D eigenvalue weighted by Gasteiger charge is 2.32. The molecule has 3 aromatic rings. The standard InChI is InChI=1S/C19H18N2O5S/c22-27(23,14-5-6-17-18(11-14)25-12-24-17)21-9-7-13(8-10-21)19-20-15-3-1-2-4-16(15)26-19/h1-6,11,13H,7-10,12H2. The van der Waals surface area contributed by atoms with E-state index in [0.717, 1.165) is 11.1 Å². The molecule has 3 heterocycles. The summed E-state index contributed by atoms with van der Waals surface area (Å²) >= 11 is 0. The molecule has 0 spiro atoms. The second-order valence-corrected chi connectivity index (χ2v) is 8.65. The quantitative estimate of drug-likeness (QED) is 0.688. The van der Waals surface area contributed by atoms with Crippen LogP contribution < -0.4 is 9.47 Å². The van der Waals surface area contributed by atoms with Crippen LogP contribution in [-0.4, -0.2) is 37.6 Å². The number of sulfonamides is 1. The van der Waals surface area contributed by atoms with Crippen molar-refractivity contribution in [3.63, 3.8) is 0 Å². The normalized spacial score (nSPS) is 18.2.